The number of hydrogen-bond acceptors (Lipinski definition) is 5. The lowest BCUT2D eigenvalue weighted by Gasteiger charge is -2.33. The summed E-state index contributed by atoms with van der Waals surface area (Å²) in [4.78, 5) is 9.36. The number of likely N-dealkylation sites (tertiary alicyclic amines) is 1. The van der Waals surface area contributed by atoms with Gasteiger partial charge in [0.05, 0.1) is 19.5 Å². The second kappa shape index (κ2) is 10.6. The van der Waals surface area contributed by atoms with E-state index in [0.29, 0.717) is 25.0 Å². The number of aliphatic imine (C=N–C) groups is 1. The van der Waals surface area contributed by atoms with Gasteiger partial charge in [-0.1, -0.05) is 0 Å². The van der Waals surface area contributed by atoms with E-state index in [-0.39, 0.29) is 24.0 Å². The summed E-state index contributed by atoms with van der Waals surface area (Å²) in [5.74, 6) is 1.48. The van der Waals surface area contributed by atoms with E-state index in [2.05, 4.69) is 20.1 Å². The van der Waals surface area contributed by atoms with Gasteiger partial charge in [-0.2, -0.15) is 0 Å². The van der Waals surface area contributed by atoms with Crippen molar-refractivity contribution in [2.45, 2.75) is 25.3 Å². The van der Waals surface area contributed by atoms with Crippen LogP contribution in [0.3, 0.4) is 0 Å². The molecule has 3 heterocycles. The Hall–Kier alpha value is -0.170. The molecular weight excluding hydrogens is 481 g/mol. The number of ether oxygens (including phenoxy) is 1. The van der Waals surface area contributed by atoms with E-state index in [4.69, 9.17) is 4.74 Å². The summed E-state index contributed by atoms with van der Waals surface area (Å²) >= 11 is 0. The second-order valence-corrected chi connectivity index (χ2v) is 9.55. The number of guanidine groups is 1. The molecule has 0 aromatic carbocycles. The van der Waals surface area contributed by atoms with Gasteiger partial charge in [0.15, 0.2) is 5.96 Å². The van der Waals surface area contributed by atoms with Crippen molar-refractivity contribution in [2.75, 3.05) is 72.3 Å². The van der Waals surface area contributed by atoms with Crippen LogP contribution < -0.4 is 5.32 Å². The molecule has 0 aliphatic carbocycles. The van der Waals surface area contributed by atoms with Crippen LogP contribution in [-0.2, 0) is 14.8 Å². The van der Waals surface area contributed by atoms with Crippen LogP contribution in [0, 0.1) is 5.92 Å². The number of rotatable bonds is 4. The van der Waals surface area contributed by atoms with Crippen LogP contribution in [0.5, 0.6) is 0 Å². The quantitative estimate of drug-likeness (QED) is 0.329. The van der Waals surface area contributed by atoms with E-state index in [1.807, 2.05) is 7.05 Å². The van der Waals surface area contributed by atoms with Gasteiger partial charge in [0.1, 0.15) is 0 Å². The number of halogens is 1. The SMILES string of the molecule is CN=C(NCC1CCN(S(C)(=O)=O)CC1)N1CCC(N2CCOCC2)C1.I. The zero-order valence-corrected chi connectivity index (χ0v) is 19.6. The molecule has 27 heavy (non-hydrogen) atoms. The van der Waals surface area contributed by atoms with Gasteiger partial charge in [0, 0.05) is 58.9 Å². The molecule has 3 fully saturated rings. The van der Waals surface area contributed by atoms with E-state index in [1.165, 1.54) is 12.7 Å². The topological polar surface area (TPSA) is 77.5 Å². The summed E-state index contributed by atoms with van der Waals surface area (Å²) in [5.41, 5.74) is 0. The summed E-state index contributed by atoms with van der Waals surface area (Å²) < 4.78 is 30.3. The molecule has 0 spiro atoms. The summed E-state index contributed by atoms with van der Waals surface area (Å²) in [6.07, 6.45) is 4.29. The molecule has 3 saturated heterocycles. The molecule has 1 unspecified atom stereocenters. The van der Waals surface area contributed by atoms with Crippen molar-refractivity contribution in [3.63, 3.8) is 0 Å². The number of nitrogens with one attached hydrogen (secondary N) is 1. The highest BCUT2D eigenvalue weighted by atomic mass is 127. The fourth-order valence-corrected chi connectivity index (χ4v) is 5.06. The van der Waals surface area contributed by atoms with E-state index in [9.17, 15) is 8.42 Å². The Morgan fingerprint density at radius 1 is 1.11 bits per heavy atom. The lowest BCUT2D eigenvalue weighted by molar-refractivity contribution is 0.0195. The van der Waals surface area contributed by atoms with Crippen LogP contribution >= 0.6 is 24.0 Å². The summed E-state index contributed by atoms with van der Waals surface area (Å²) in [5, 5.41) is 3.52. The first-order valence-corrected chi connectivity index (χ1v) is 11.5. The van der Waals surface area contributed by atoms with Crippen molar-refractivity contribution in [3.8, 4) is 0 Å². The third-order valence-corrected chi connectivity index (χ3v) is 7.13. The minimum Gasteiger partial charge on any atom is -0.379 e. The van der Waals surface area contributed by atoms with Crippen LogP contribution in [0.25, 0.3) is 0 Å². The van der Waals surface area contributed by atoms with Crippen molar-refractivity contribution in [1.82, 2.24) is 19.4 Å². The van der Waals surface area contributed by atoms with Gasteiger partial charge in [0.25, 0.3) is 0 Å². The molecule has 0 bridgehead atoms. The normalized spacial score (nSPS) is 26.8. The summed E-state index contributed by atoms with van der Waals surface area (Å²) in [7, 11) is -1.20. The summed E-state index contributed by atoms with van der Waals surface area (Å²) in [6.45, 7) is 7.93. The second-order valence-electron chi connectivity index (χ2n) is 7.57. The third kappa shape index (κ3) is 6.41. The minimum atomic E-state index is -3.05. The third-order valence-electron chi connectivity index (χ3n) is 5.83. The highest BCUT2D eigenvalue weighted by Gasteiger charge is 2.31. The standard InChI is InChI=1S/C17H33N5O3S.HI/c1-18-17(19-13-15-3-7-22(8-4-15)26(2,23)24)21-6-5-16(14-21)20-9-11-25-12-10-20;/h15-16H,3-14H2,1-2H3,(H,18,19);1H. The van der Waals surface area contributed by atoms with Gasteiger partial charge in [-0.15, -0.1) is 24.0 Å². The van der Waals surface area contributed by atoms with Crippen molar-refractivity contribution < 1.29 is 13.2 Å². The smallest absolute Gasteiger partial charge is 0.211 e. The molecule has 1 atom stereocenters. The maximum atomic E-state index is 11.6. The first-order valence-electron chi connectivity index (χ1n) is 9.70. The molecule has 3 rings (SSSR count). The lowest BCUT2D eigenvalue weighted by Crippen LogP contribution is -2.47. The predicted molar refractivity (Wildman–Crippen MR) is 118 cm³/mol. The molecule has 3 aliphatic rings. The minimum absolute atomic E-state index is 0. The maximum absolute atomic E-state index is 11.6. The van der Waals surface area contributed by atoms with Crippen LogP contribution in [-0.4, -0.2) is 107 Å². The molecular formula is C17H34IN5O3S. The van der Waals surface area contributed by atoms with Gasteiger partial charge in [-0.25, -0.2) is 12.7 Å². The van der Waals surface area contributed by atoms with Crippen LogP contribution in [0.15, 0.2) is 4.99 Å². The van der Waals surface area contributed by atoms with E-state index < -0.39 is 10.0 Å². The van der Waals surface area contributed by atoms with Crippen molar-refractivity contribution in [2.24, 2.45) is 10.9 Å². The fourth-order valence-electron chi connectivity index (χ4n) is 4.19. The monoisotopic (exact) mass is 515 g/mol. The number of sulfonamides is 1. The largest absolute Gasteiger partial charge is 0.379 e. The molecule has 1 N–H and O–H groups in total. The summed E-state index contributed by atoms with van der Waals surface area (Å²) in [6, 6.07) is 0.593. The lowest BCUT2D eigenvalue weighted by atomic mass is 9.98. The maximum Gasteiger partial charge on any atom is 0.211 e. The van der Waals surface area contributed by atoms with Crippen LogP contribution in [0.4, 0.5) is 0 Å². The van der Waals surface area contributed by atoms with Crippen LogP contribution in [0.1, 0.15) is 19.3 Å². The molecule has 8 nitrogen and oxygen atoms in total. The van der Waals surface area contributed by atoms with E-state index >= 15 is 0 Å². The Kier molecular flexibility index (Phi) is 9.04. The molecule has 0 aromatic rings. The van der Waals surface area contributed by atoms with Crippen molar-refractivity contribution in [1.29, 1.82) is 0 Å². The van der Waals surface area contributed by atoms with E-state index in [1.54, 1.807) is 4.31 Å². The van der Waals surface area contributed by atoms with Gasteiger partial charge in [-0.05, 0) is 25.2 Å². The Bertz CT molecular complexity index is 589. The number of hydrogen-bond donors (Lipinski definition) is 1. The molecule has 158 valence electrons. The molecule has 10 heteroatoms. The molecule has 3 aliphatic heterocycles. The van der Waals surface area contributed by atoms with E-state index in [0.717, 1.165) is 64.7 Å². The highest BCUT2D eigenvalue weighted by molar-refractivity contribution is 14.0. The Morgan fingerprint density at radius 3 is 2.37 bits per heavy atom. The Morgan fingerprint density at radius 2 is 1.78 bits per heavy atom. The number of nitrogens with zero attached hydrogens (tertiary/aromatic N) is 4. The van der Waals surface area contributed by atoms with Gasteiger partial charge in [0.2, 0.25) is 10.0 Å². The Balaban J connectivity index is 0.00000261. The molecule has 0 aromatic heterocycles. The van der Waals surface area contributed by atoms with Crippen LogP contribution in [0.2, 0.25) is 0 Å². The average Bonchev–Trinajstić information content (AvgIpc) is 3.13. The zero-order chi connectivity index (χ0) is 18.6. The van der Waals surface area contributed by atoms with Gasteiger partial charge in [-0.3, -0.25) is 9.89 Å². The van der Waals surface area contributed by atoms with Crippen molar-refractivity contribution in [3.05, 3.63) is 0 Å². The molecule has 0 saturated carbocycles. The number of piperidine rings is 1. The zero-order valence-electron chi connectivity index (χ0n) is 16.5. The van der Waals surface area contributed by atoms with Gasteiger partial charge >= 0.3 is 0 Å². The molecule has 0 amide bonds. The van der Waals surface area contributed by atoms with Gasteiger partial charge < -0.3 is 15.0 Å². The fraction of sp³-hybridized carbons (Fsp3) is 0.941. The Labute approximate surface area is 180 Å². The highest BCUT2D eigenvalue weighted by Crippen LogP contribution is 2.20. The average molecular weight is 515 g/mol. The first-order chi connectivity index (χ1) is 12.5. The van der Waals surface area contributed by atoms with Crippen molar-refractivity contribution >= 4 is 40.0 Å². The predicted octanol–water partition coefficient (Wildman–Crippen LogP) is 0.258. The first kappa shape index (κ1) is 23.1. The number of morpholine rings is 1. The molecule has 0 radical (unpaired) electrons.